The molecule has 3 aromatic rings. The van der Waals surface area contributed by atoms with Gasteiger partial charge in [-0.25, -0.2) is 4.79 Å². The van der Waals surface area contributed by atoms with Crippen LogP contribution in [0.25, 0.3) is 11.1 Å². The van der Waals surface area contributed by atoms with Crippen LogP contribution in [0, 0.1) is 10.1 Å². The van der Waals surface area contributed by atoms with E-state index in [1.807, 2.05) is 0 Å². The first-order valence-corrected chi connectivity index (χ1v) is 8.67. The van der Waals surface area contributed by atoms with E-state index in [0.29, 0.717) is 11.1 Å². The Morgan fingerprint density at radius 3 is 2.03 bits per heavy atom. The highest BCUT2D eigenvalue weighted by Gasteiger charge is 2.31. The molecule has 0 heterocycles. The van der Waals surface area contributed by atoms with Crippen molar-refractivity contribution in [3.05, 3.63) is 82.4 Å². The first kappa shape index (κ1) is 21.6. The number of alkyl halides is 3. The summed E-state index contributed by atoms with van der Waals surface area (Å²) in [4.78, 5) is 22.2. The van der Waals surface area contributed by atoms with Gasteiger partial charge in [-0.1, -0.05) is 12.1 Å². The van der Waals surface area contributed by atoms with Crippen molar-refractivity contribution < 1.29 is 37.1 Å². The molecule has 3 aromatic carbocycles. The summed E-state index contributed by atoms with van der Waals surface area (Å²) in [5.41, 5.74) is 0.942. The number of ether oxygens (including phenoxy) is 3. The topological polar surface area (TPSA) is 87.9 Å². The van der Waals surface area contributed by atoms with E-state index in [0.717, 1.165) is 12.1 Å². The van der Waals surface area contributed by atoms with E-state index in [2.05, 4.69) is 9.47 Å². The third-order valence-electron chi connectivity index (χ3n) is 4.08. The molecule has 3 rings (SSSR count). The molecule has 0 saturated carbocycles. The summed E-state index contributed by atoms with van der Waals surface area (Å²) in [5.74, 6) is -0.774. The molecule has 160 valence electrons. The molecule has 0 fully saturated rings. The number of hydrogen-bond donors (Lipinski definition) is 0. The molecule has 0 aliphatic carbocycles. The highest BCUT2D eigenvalue weighted by molar-refractivity contribution is 5.89. The molecule has 0 bridgehead atoms. The maximum atomic E-state index is 12.3. The molecule has 0 unspecified atom stereocenters. The lowest BCUT2D eigenvalue weighted by atomic mass is 10.0. The van der Waals surface area contributed by atoms with Crippen LogP contribution < -0.4 is 9.47 Å². The van der Waals surface area contributed by atoms with Gasteiger partial charge in [0.05, 0.1) is 17.6 Å². The fourth-order valence-electron chi connectivity index (χ4n) is 2.68. The van der Waals surface area contributed by atoms with E-state index < -0.39 is 17.3 Å². The predicted molar refractivity (Wildman–Crippen MR) is 103 cm³/mol. The number of methoxy groups -OCH3 is 1. The number of hydrogen-bond acceptors (Lipinski definition) is 6. The molecule has 0 atom stereocenters. The summed E-state index contributed by atoms with van der Waals surface area (Å²) < 4.78 is 51.0. The van der Waals surface area contributed by atoms with Gasteiger partial charge in [0.2, 0.25) is 5.75 Å². The Morgan fingerprint density at radius 2 is 1.48 bits per heavy atom. The SMILES string of the molecule is COC(=O)c1ccc(Oc2cc(-c3ccc(OC(F)(F)F)cc3)ccc2[N+](=O)[O-])cc1. The molecule has 0 spiro atoms. The van der Waals surface area contributed by atoms with Crippen LogP contribution in [0.5, 0.6) is 17.2 Å². The molecule has 0 aromatic heterocycles. The quantitative estimate of drug-likeness (QED) is 0.280. The van der Waals surface area contributed by atoms with Crippen molar-refractivity contribution in [1.29, 1.82) is 0 Å². The van der Waals surface area contributed by atoms with Gasteiger partial charge in [0, 0.05) is 6.07 Å². The van der Waals surface area contributed by atoms with Crippen molar-refractivity contribution in [3.8, 4) is 28.4 Å². The number of carbonyl (C=O) groups excluding carboxylic acids is 1. The van der Waals surface area contributed by atoms with E-state index in [1.165, 1.54) is 61.7 Å². The number of nitrogens with zero attached hydrogens (tertiary/aromatic N) is 1. The Hall–Kier alpha value is -4.08. The van der Waals surface area contributed by atoms with Crippen molar-refractivity contribution in [3.63, 3.8) is 0 Å². The Kier molecular flexibility index (Phi) is 6.10. The lowest BCUT2D eigenvalue weighted by Crippen LogP contribution is -2.16. The minimum atomic E-state index is -4.81. The molecule has 7 nitrogen and oxygen atoms in total. The van der Waals surface area contributed by atoms with Crippen LogP contribution in [0.1, 0.15) is 10.4 Å². The van der Waals surface area contributed by atoms with Crippen LogP contribution in [-0.2, 0) is 4.74 Å². The van der Waals surface area contributed by atoms with Crippen molar-refractivity contribution in [2.75, 3.05) is 7.11 Å². The van der Waals surface area contributed by atoms with Crippen LogP contribution in [0.2, 0.25) is 0 Å². The molecular formula is C21H14F3NO6. The summed E-state index contributed by atoms with van der Waals surface area (Å²) in [6.45, 7) is 0. The third-order valence-corrected chi connectivity index (χ3v) is 4.08. The van der Waals surface area contributed by atoms with E-state index in [9.17, 15) is 28.1 Å². The van der Waals surface area contributed by atoms with Crippen molar-refractivity contribution in [2.45, 2.75) is 6.36 Å². The number of nitro groups is 1. The predicted octanol–water partition coefficient (Wildman–Crippen LogP) is 5.74. The zero-order valence-corrected chi connectivity index (χ0v) is 15.9. The van der Waals surface area contributed by atoms with Gasteiger partial charge in [-0.15, -0.1) is 13.2 Å². The molecule has 10 heteroatoms. The summed E-state index contributed by atoms with van der Waals surface area (Å²) in [6.07, 6.45) is -4.81. The second-order valence-corrected chi connectivity index (χ2v) is 6.13. The maximum Gasteiger partial charge on any atom is 0.573 e. The van der Waals surface area contributed by atoms with Crippen LogP contribution in [0.3, 0.4) is 0 Å². The molecule has 0 amide bonds. The van der Waals surface area contributed by atoms with Gasteiger partial charge in [0.1, 0.15) is 11.5 Å². The van der Waals surface area contributed by atoms with Gasteiger partial charge >= 0.3 is 18.0 Å². The first-order chi connectivity index (χ1) is 14.7. The number of rotatable bonds is 6. The second-order valence-electron chi connectivity index (χ2n) is 6.13. The second kappa shape index (κ2) is 8.74. The van der Waals surface area contributed by atoms with E-state index in [-0.39, 0.29) is 28.5 Å². The van der Waals surface area contributed by atoms with Crippen LogP contribution in [-0.4, -0.2) is 24.4 Å². The zero-order valence-electron chi connectivity index (χ0n) is 15.9. The highest BCUT2D eigenvalue weighted by Crippen LogP contribution is 2.36. The summed E-state index contributed by atoms with van der Waals surface area (Å²) >= 11 is 0. The first-order valence-electron chi connectivity index (χ1n) is 8.67. The molecule has 0 aliphatic heterocycles. The van der Waals surface area contributed by atoms with E-state index in [4.69, 9.17) is 4.74 Å². The van der Waals surface area contributed by atoms with Gasteiger partial charge in [0.25, 0.3) is 0 Å². The monoisotopic (exact) mass is 433 g/mol. The van der Waals surface area contributed by atoms with Gasteiger partial charge < -0.3 is 14.2 Å². The maximum absolute atomic E-state index is 12.3. The Morgan fingerprint density at radius 1 is 0.903 bits per heavy atom. The third kappa shape index (κ3) is 5.50. The lowest BCUT2D eigenvalue weighted by molar-refractivity contribution is -0.385. The van der Waals surface area contributed by atoms with Crippen molar-refractivity contribution in [2.24, 2.45) is 0 Å². The minimum Gasteiger partial charge on any atom is -0.465 e. The molecule has 0 radical (unpaired) electrons. The van der Waals surface area contributed by atoms with Crippen molar-refractivity contribution in [1.82, 2.24) is 0 Å². The van der Waals surface area contributed by atoms with Crippen molar-refractivity contribution >= 4 is 11.7 Å². The normalized spacial score (nSPS) is 11.0. The standard InChI is InChI=1S/C21H14F3NO6/c1-29-20(26)14-4-7-16(8-5-14)30-19-12-15(6-11-18(19)25(27)28)13-2-9-17(10-3-13)31-21(22,23)24/h2-12H,1H3. The van der Waals surface area contributed by atoms with Crippen LogP contribution >= 0.6 is 0 Å². The Balaban J connectivity index is 1.89. The number of halogens is 3. The lowest BCUT2D eigenvalue weighted by Gasteiger charge is -2.11. The average Bonchev–Trinajstić information content (AvgIpc) is 2.73. The highest BCUT2D eigenvalue weighted by atomic mass is 19.4. The number of esters is 1. The average molecular weight is 433 g/mol. The number of benzene rings is 3. The fraction of sp³-hybridized carbons (Fsp3) is 0.0952. The number of nitro benzene ring substituents is 1. The fourth-order valence-corrected chi connectivity index (χ4v) is 2.68. The zero-order chi connectivity index (χ0) is 22.6. The molecule has 0 N–H and O–H groups in total. The van der Waals surface area contributed by atoms with Gasteiger partial charge in [-0.2, -0.15) is 0 Å². The Labute approximate surface area is 173 Å². The Bertz CT molecular complexity index is 1100. The van der Waals surface area contributed by atoms with Crippen LogP contribution in [0.4, 0.5) is 18.9 Å². The van der Waals surface area contributed by atoms with Gasteiger partial charge in [-0.3, -0.25) is 10.1 Å². The van der Waals surface area contributed by atoms with E-state index >= 15 is 0 Å². The molecule has 0 saturated heterocycles. The smallest absolute Gasteiger partial charge is 0.465 e. The minimum absolute atomic E-state index is 0.0797. The van der Waals surface area contributed by atoms with Gasteiger partial charge in [0.15, 0.2) is 0 Å². The number of carbonyl (C=O) groups is 1. The molecular weight excluding hydrogens is 419 g/mol. The molecule has 31 heavy (non-hydrogen) atoms. The van der Waals surface area contributed by atoms with Crippen LogP contribution in [0.15, 0.2) is 66.7 Å². The largest absolute Gasteiger partial charge is 0.573 e. The molecule has 0 aliphatic rings. The van der Waals surface area contributed by atoms with E-state index in [1.54, 1.807) is 0 Å². The summed E-state index contributed by atoms with van der Waals surface area (Å²) in [6, 6.07) is 14.9. The van der Waals surface area contributed by atoms with Gasteiger partial charge in [-0.05, 0) is 59.7 Å². The summed E-state index contributed by atoms with van der Waals surface area (Å²) in [5, 5.41) is 11.4. The summed E-state index contributed by atoms with van der Waals surface area (Å²) in [7, 11) is 1.24.